The number of nitrogens with zero attached hydrogens (tertiary/aromatic N) is 2. The van der Waals surface area contributed by atoms with Crippen LogP contribution in [0.1, 0.15) is 18.1 Å². The first-order valence-electron chi connectivity index (χ1n) is 5.18. The number of hydrogen-bond acceptors (Lipinski definition) is 5. The van der Waals surface area contributed by atoms with Gasteiger partial charge in [0.2, 0.25) is 5.28 Å². The van der Waals surface area contributed by atoms with Crippen LogP contribution >= 0.6 is 23.2 Å². The number of hydrogen-bond donors (Lipinski definition) is 4. The summed E-state index contributed by atoms with van der Waals surface area (Å²) in [5, 5.41) is 28.4. The fraction of sp³-hybridized carbons (Fsp3) is 0.300. The molecule has 2 aromatic heterocycles. The zero-order chi connectivity index (χ0) is 14.2. The number of halogens is 2. The Balaban J connectivity index is 2.43. The molecule has 0 bridgehead atoms. The number of carboxylic acids is 1. The topological polar surface area (TPSA) is 119 Å². The maximum absolute atomic E-state index is 10.5. The second-order valence-corrected chi connectivity index (χ2v) is 4.56. The molecule has 9 heteroatoms. The standard InChI is InChI=1S/C10H9Cl2N3O4/c11-8-6-3(7(19)4(16)1-5(17)18)2-13-9(6)15-10(12)14-8/h2,4,7,16,19H,1H2,(H,17,18)(H,13,14,15). The lowest BCUT2D eigenvalue weighted by atomic mass is 10.0. The number of aromatic amines is 1. The second kappa shape index (κ2) is 5.30. The van der Waals surface area contributed by atoms with Crippen molar-refractivity contribution in [1.29, 1.82) is 0 Å². The van der Waals surface area contributed by atoms with Crippen LogP contribution in [-0.4, -0.2) is 42.3 Å². The molecule has 7 nitrogen and oxygen atoms in total. The Kier molecular flexibility index (Phi) is 3.91. The largest absolute Gasteiger partial charge is 0.481 e. The van der Waals surface area contributed by atoms with Gasteiger partial charge >= 0.3 is 5.97 Å². The highest BCUT2D eigenvalue weighted by atomic mass is 35.5. The summed E-state index contributed by atoms with van der Waals surface area (Å²) in [4.78, 5) is 20.8. The van der Waals surface area contributed by atoms with Crippen LogP contribution in [0, 0.1) is 0 Å². The van der Waals surface area contributed by atoms with Gasteiger partial charge in [0.1, 0.15) is 16.9 Å². The zero-order valence-corrected chi connectivity index (χ0v) is 10.9. The van der Waals surface area contributed by atoms with Crippen LogP contribution in [0.25, 0.3) is 11.0 Å². The number of aromatic nitrogens is 3. The minimum atomic E-state index is -1.47. The van der Waals surface area contributed by atoms with Gasteiger partial charge in [-0.05, 0) is 11.6 Å². The third-order valence-electron chi connectivity index (χ3n) is 2.56. The minimum absolute atomic E-state index is 0.00725. The monoisotopic (exact) mass is 305 g/mol. The average Bonchev–Trinajstić information content (AvgIpc) is 2.70. The van der Waals surface area contributed by atoms with E-state index in [4.69, 9.17) is 28.3 Å². The molecule has 2 heterocycles. The number of carboxylic acid groups (broad SMARTS) is 1. The molecular formula is C10H9Cl2N3O4. The molecule has 0 aliphatic rings. The summed E-state index contributed by atoms with van der Waals surface area (Å²) >= 11 is 11.5. The van der Waals surface area contributed by atoms with Crippen LogP contribution in [0.15, 0.2) is 6.20 Å². The van der Waals surface area contributed by atoms with Crippen molar-refractivity contribution in [2.45, 2.75) is 18.6 Å². The Hall–Kier alpha value is -1.41. The molecule has 0 aliphatic heterocycles. The van der Waals surface area contributed by atoms with Crippen LogP contribution in [0.5, 0.6) is 0 Å². The first-order chi connectivity index (χ1) is 8.90. The van der Waals surface area contributed by atoms with E-state index in [1.807, 2.05) is 0 Å². The maximum Gasteiger partial charge on any atom is 0.306 e. The molecule has 19 heavy (non-hydrogen) atoms. The van der Waals surface area contributed by atoms with E-state index in [0.29, 0.717) is 11.0 Å². The quantitative estimate of drug-likeness (QED) is 0.496. The summed E-state index contributed by atoms with van der Waals surface area (Å²) in [6.45, 7) is 0. The molecule has 2 rings (SSSR count). The number of aliphatic hydroxyl groups is 2. The maximum atomic E-state index is 10.5. The number of H-pyrrole nitrogens is 1. The number of rotatable bonds is 4. The summed E-state index contributed by atoms with van der Waals surface area (Å²) in [5.74, 6) is -1.23. The highest BCUT2D eigenvalue weighted by Crippen LogP contribution is 2.31. The van der Waals surface area contributed by atoms with Gasteiger partial charge in [0.15, 0.2) is 0 Å². The highest BCUT2D eigenvalue weighted by molar-refractivity contribution is 6.35. The van der Waals surface area contributed by atoms with Gasteiger partial charge in [-0.3, -0.25) is 4.79 Å². The molecule has 2 unspecified atom stereocenters. The summed E-state index contributed by atoms with van der Waals surface area (Å²) in [5.41, 5.74) is 0.506. The summed E-state index contributed by atoms with van der Waals surface area (Å²) in [6, 6.07) is 0. The first kappa shape index (κ1) is 14.0. The van der Waals surface area contributed by atoms with E-state index in [-0.39, 0.29) is 16.0 Å². The van der Waals surface area contributed by atoms with Gasteiger partial charge in [0.05, 0.1) is 17.9 Å². The molecule has 0 spiro atoms. The van der Waals surface area contributed by atoms with Crippen LogP contribution in [0.2, 0.25) is 10.4 Å². The van der Waals surface area contributed by atoms with Crippen LogP contribution in [-0.2, 0) is 4.79 Å². The molecule has 0 saturated carbocycles. The van der Waals surface area contributed by atoms with Crippen molar-refractivity contribution in [2.75, 3.05) is 0 Å². The Bertz CT molecular complexity index is 631. The number of aliphatic hydroxyl groups excluding tert-OH is 2. The SMILES string of the molecule is O=C(O)CC(O)C(O)c1c[nH]c2nc(Cl)nc(Cl)c12. The molecule has 0 amide bonds. The molecular weight excluding hydrogens is 297 g/mol. The molecule has 2 atom stereocenters. The fourth-order valence-electron chi connectivity index (χ4n) is 1.72. The van der Waals surface area contributed by atoms with E-state index in [9.17, 15) is 15.0 Å². The predicted octanol–water partition coefficient (Wildman–Crippen LogP) is 1.13. The molecule has 0 fully saturated rings. The molecule has 0 saturated heterocycles. The molecule has 0 aliphatic carbocycles. The summed E-state index contributed by atoms with van der Waals surface area (Å²) in [7, 11) is 0. The van der Waals surface area contributed by atoms with Crippen molar-refractivity contribution in [3.63, 3.8) is 0 Å². The van der Waals surface area contributed by atoms with Crippen molar-refractivity contribution in [3.05, 3.63) is 22.2 Å². The fourth-order valence-corrected chi connectivity index (χ4v) is 2.21. The normalized spacial score (nSPS) is 14.5. The van der Waals surface area contributed by atoms with Gasteiger partial charge in [-0.1, -0.05) is 11.6 Å². The van der Waals surface area contributed by atoms with Crippen molar-refractivity contribution >= 4 is 40.2 Å². The predicted molar refractivity (Wildman–Crippen MR) is 67.1 cm³/mol. The average molecular weight is 306 g/mol. The lowest BCUT2D eigenvalue weighted by Gasteiger charge is -2.15. The molecule has 0 aromatic carbocycles. The number of carbonyl (C=O) groups is 1. The molecule has 2 aromatic rings. The third kappa shape index (κ3) is 2.79. The first-order valence-corrected chi connectivity index (χ1v) is 5.93. The minimum Gasteiger partial charge on any atom is -0.481 e. The Morgan fingerprint density at radius 3 is 2.68 bits per heavy atom. The Labute approximate surface area is 116 Å². The van der Waals surface area contributed by atoms with Crippen molar-refractivity contribution in [2.24, 2.45) is 0 Å². The molecule has 4 N–H and O–H groups in total. The lowest BCUT2D eigenvalue weighted by molar-refractivity contribution is -0.141. The van der Waals surface area contributed by atoms with Crippen LogP contribution < -0.4 is 0 Å². The highest BCUT2D eigenvalue weighted by Gasteiger charge is 2.25. The van der Waals surface area contributed by atoms with Crippen LogP contribution in [0.4, 0.5) is 0 Å². The van der Waals surface area contributed by atoms with Crippen LogP contribution in [0.3, 0.4) is 0 Å². The van der Waals surface area contributed by atoms with Gasteiger partial charge in [-0.15, -0.1) is 0 Å². The van der Waals surface area contributed by atoms with E-state index in [2.05, 4.69) is 15.0 Å². The van der Waals surface area contributed by atoms with Gasteiger partial charge in [0.25, 0.3) is 0 Å². The Morgan fingerprint density at radius 2 is 2.05 bits per heavy atom. The zero-order valence-electron chi connectivity index (χ0n) is 9.34. The van der Waals surface area contributed by atoms with E-state index in [1.54, 1.807) is 0 Å². The van der Waals surface area contributed by atoms with Gasteiger partial charge in [0, 0.05) is 11.8 Å². The molecule has 0 radical (unpaired) electrons. The van der Waals surface area contributed by atoms with Gasteiger partial charge in [-0.25, -0.2) is 4.98 Å². The van der Waals surface area contributed by atoms with E-state index in [0.717, 1.165) is 0 Å². The smallest absolute Gasteiger partial charge is 0.306 e. The van der Waals surface area contributed by atoms with Crippen molar-refractivity contribution in [1.82, 2.24) is 15.0 Å². The lowest BCUT2D eigenvalue weighted by Crippen LogP contribution is -2.21. The van der Waals surface area contributed by atoms with Gasteiger partial charge in [-0.2, -0.15) is 4.98 Å². The summed E-state index contributed by atoms with van der Waals surface area (Å²) in [6.07, 6.45) is -2.12. The van der Waals surface area contributed by atoms with E-state index >= 15 is 0 Å². The summed E-state index contributed by atoms with van der Waals surface area (Å²) < 4.78 is 0. The second-order valence-electron chi connectivity index (χ2n) is 3.86. The van der Waals surface area contributed by atoms with Crippen molar-refractivity contribution in [3.8, 4) is 0 Å². The molecule has 102 valence electrons. The van der Waals surface area contributed by atoms with Gasteiger partial charge < -0.3 is 20.3 Å². The van der Waals surface area contributed by atoms with E-state index in [1.165, 1.54) is 6.20 Å². The van der Waals surface area contributed by atoms with Crippen molar-refractivity contribution < 1.29 is 20.1 Å². The Morgan fingerprint density at radius 1 is 1.37 bits per heavy atom. The van der Waals surface area contributed by atoms with E-state index < -0.39 is 24.6 Å². The number of aliphatic carboxylic acids is 1. The number of fused-ring (bicyclic) bond motifs is 1. The third-order valence-corrected chi connectivity index (χ3v) is 3.00. The number of nitrogens with one attached hydrogen (secondary N) is 1.